The maximum absolute atomic E-state index is 2.47. The molecule has 1 heterocycles. The standard InChI is InChI=1S/C51H42S/c1-32(35-15-7-6-8-16-35)23-24-33(2)49-41-18-9-11-20-43(41)50(44-21-12-10-19-42(44)49)34(3)25-26-39-28-38-27-36-29-45-40-17-13-14-22-47(40)52-48(45)31-37(36)30-46(38)51(39,4)5/h6-27,29-31H,28H2,1-5H3/b32-23+,33-24+,34-25+,39-26+. The first kappa shape index (κ1) is 32.4. The van der Waals surface area contributed by atoms with E-state index in [9.17, 15) is 0 Å². The molecule has 1 aliphatic rings. The molecular formula is C51H42S. The maximum atomic E-state index is 2.47. The third-order valence-electron chi connectivity index (χ3n) is 11.5. The Morgan fingerprint density at radius 1 is 0.519 bits per heavy atom. The van der Waals surface area contributed by atoms with Crippen LogP contribution in [0.2, 0.25) is 0 Å². The van der Waals surface area contributed by atoms with Crippen molar-refractivity contribution in [3.05, 3.63) is 185 Å². The van der Waals surface area contributed by atoms with Crippen LogP contribution in [0, 0.1) is 0 Å². The van der Waals surface area contributed by atoms with E-state index in [1.165, 1.54) is 103 Å². The van der Waals surface area contributed by atoms with Gasteiger partial charge in [0.15, 0.2) is 0 Å². The monoisotopic (exact) mass is 686 g/mol. The molecular weight excluding hydrogens is 645 g/mol. The van der Waals surface area contributed by atoms with Crippen LogP contribution < -0.4 is 0 Å². The Balaban J connectivity index is 1.12. The minimum Gasteiger partial charge on any atom is -0.135 e. The van der Waals surface area contributed by atoms with Crippen molar-refractivity contribution < 1.29 is 0 Å². The molecule has 9 rings (SSSR count). The molecule has 8 aromatic rings. The molecule has 0 atom stereocenters. The lowest BCUT2D eigenvalue weighted by Crippen LogP contribution is -2.15. The Kier molecular flexibility index (Phi) is 7.86. The smallest absolute Gasteiger partial charge is 0.0361 e. The summed E-state index contributed by atoms with van der Waals surface area (Å²) in [4.78, 5) is 0. The van der Waals surface area contributed by atoms with E-state index in [-0.39, 0.29) is 5.41 Å². The zero-order valence-electron chi connectivity index (χ0n) is 30.5. The normalized spacial score (nSPS) is 15.9. The van der Waals surface area contributed by atoms with Crippen molar-refractivity contribution in [1.82, 2.24) is 0 Å². The van der Waals surface area contributed by atoms with Gasteiger partial charge in [0, 0.05) is 25.6 Å². The van der Waals surface area contributed by atoms with Gasteiger partial charge in [-0.25, -0.2) is 0 Å². The Morgan fingerprint density at radius 3 is 1.71 bits per heavy atom. The zero-order valence-corrected chi connectivity index (χ0v) is 31.4. The average Bonchev–Trinajstić information content (AvgIpc) is 3.65. The molecule has 0 bridgehead atoms. The highest BCUT2D eigenvalue weighted by Crippen LogP contribution is 2.46. The van der Waals surface area contributed by atoms with E-state index in [0.29, 0.717) is 0 Å². The van der Waals surface area contributed by atoms with Gasteiger partial charge >= 0.3 is 0 Å². The number of allylic oxidation sites excluding steroid dienone is 8. The van der Waals surface area contributed by atoms with Crippen LogP contribution in [0.3, 0.4) is 0 Å². The second-order valence-corrected chi connectivity index (χ2v) is 16.1. The summed E-state index contributed by atoms with van der Waals surface area (Å²) in [5.41, 5.74) is 12.0. The maximum Gasteiger partial charge on any atom is 0.0361 e. The molecule has 252 valence electrons. The van der Waals surface area contributed by atoms with Gasteiger partial charge in [-0.1, -0.05) is 147 Å². The predicted molar refractivity (Wildman–Crippen MR) is 230 cm³/mol. The van der Waals surface area contributed by atoms with Crippen LogP contribution >= 0.6 is 11.3 Å². The Labute approximate surface area is 310 Å². The van der Waals surface area contributed by atoms with Crippen LogP contribution in [-0.2, 0) is 11.8 Å². The van der Waals surface area contributed by atoms with Gasteiger partial charge in [0.25, 0.3) is 0 Å². The SMILES string of the molecule is C/C(=C\C=C(/C)c1c2ccccc2c(/C(C)=C/C=C2\Cc3cc4cc5c(cc4cc3C2(C)C)sc2ccccc25)c2ccccc12)c1ccccc1. The first-order valence-corrected chi connectivity index (χ1v) is 19.2. The summed E-state index contributed by atoms with van der Waals surface area (Å²) in [7, 11) is 0. The number of benzene rings is 7. The fourth-order valence-electron chi connectivity index (χ4n) is 8.58. The van der Waals surface area contributed by atoms with Crippen LogP contribution in [-0.4, -0.2) is 0 Å². The molecule has 0 spiro atoms. The zero-order chi connectivity index (χ0) is 35.6. The summed E-state index contributed by atoms with van der Waals surface area (Å²) in [5.74, 6) is 0. The van der Waals surface area contributed by atoms with Gasteiger partial charge in [0.2, 0.25) is 0 Å². The van der Waals surface area contributed by atoms with Crippen LogP contribution in [0.4, 0.5) is 0 Å². The molecule has 0 amide bonds. The second kappa shape index (κ2) is 12.6. The first-order valence-electron chi connectivity index (χ1n) is 18.4. The summed E-state index contributed by atoms with van der Waals surface area (Å²) in [5, 5.41) is 10.6. The highest BCUT2D eigenvalue weighted by molar-refractivity contribution is 7.25. The van der Waals surface area contributed by atoms with Gasteiger partial charge < -0.3 is 0 Å². The van der Waals surface area contributed by atoms with Gasteiger partial charge in [0.1, 0.15) is 0 Å². The Morgan fingerprint density at radius 2 is 1.06 bits per heavy atom. The van der Waals surface area contributed by atoms with E-state index in [2.05, 4.69) is 186 Å². The quantitative estimate of drug-likeness (QED) is 0.125. The summed E-state index contributed by atoms with van der Waals surface area (Å²) < 4.78 is 2.73. The van der Waals surface area contributed by atoms with Crippen LogP contribution in [0.25, 0.3) is 69.2 Å². The highest BCUT2D eigenvalue weighted by atomic mass is 32.1. The number of rotatable bonds is 5. The predicted octanol–water partition coefficient (Wildman–Crippen LogP) is 14.9. The molecule has 1 aromatic heterocycles. The van der Waals surface area contributed by atoms with Gasteiger partial charge in [-0.2, -0.15) is 0 Å². The first-order chi connectivity index (χ1) is 25.3. The summed E-state index contributed by atoms with van der Waals surface area (Å²) in [6.07, 6.45) is 10.3. The van der Waals surface area contributed by atoms with E-state index >= 15 is 0 Å². The largest absolute Gasteiger partial charge is 0.135 e. The topological polar surface area (TPSA) is 0 Å². The van der Waals surface area contributed by atoms with Crippen molar-refractivity contribution in [3.8, 4) is 0 Å². The molecule has 0 aliphatic heterocycles. The van der Waals surface area contributed by atoms with Crippen molar-refractivity contribution in [3.63, 3.8) is 0 Å². The number of thiophene rings is 1. The molecule has 0 fully saturated rings. The fourth-order valence-corrected chi connectivity index (χ4v) is 9.72. The van der Waals surface area contributed by atoms with Gasteiger partial charge in [-0.3, -0.25) is 0 Å². The van der Waals surface area contributed by atoms with E-state index in [0.717, 1.165) is 6.42 Å². The summed E-state index contributed by atoms with van der Waals surface area (Å²) in [6.45, 7) is 11.5. The molecule has 0 nitrogen and oxygen atoms in total. The molecule has 52 heavy (non-hydrogen) atoms. The molecule has 0 N–H and O–H groups in total. The van der Waals surface area contributed by atoms with Crippen molar-refractivity contribution in [2.24, 2.45) is 0 Å². The number of fused-ring (bicyclic) bond motifs is 7. The number of hydrogen-bond acceptors (Lipinski definition) is 1. The Hall–Kier alpha value is -5.50. The molecule has 0 radical (unpaired) electrons. The third kappa shape index (κ3) is 5.35. The van der Waals surface area contributed by atoms with Crippen molar-refractivity contribution in [2.45, 2.75) is 46.5 Å². The van der Waals surface area contributed by atoms with E-state index in [1.54, 1.807) is 0 Å². The van der Waals surface area contributed by atoms with Crippen LogP contribution in [0.15, 0.2) is 157 Å². The number of hydrogen-bond donors (Lipinski definition) is 0. The van der Waals surface area contributed by atoms with E-state index < -0.39 is 0 Å². The lowest BCUT2D eigenvalue weighted by atomic mass is 9.81. The van der Waals surface area contributed by atoms with Crippen molar-refractivity contribution >= 4 is 80.5 Å². The van der Waals surface area contributed by atoms with Crippen molar-refractivity contribution in [1.29, 1.82) is 0 Å². The highest BCUT2D eigenvalue weighted by Gasteiger charge is 2.34. The van der Waals surface area contributed by atoms with Gasteiger partial charge in [0.05, 0.1) is 0 Å². The van der Waals surface area contributed by atoms with E-state index in [4.69, 9.17) is 0 Å². The van der Waals surface area contributed by atoms with Crippen LogP contribution in [0.1, 0.15) is 62.4 Å². The molecule has 0 saturated heterocycles. The molecule has 0 saturated carbocycles. The molecule has 1 aliphatic carbocycles. The lowest BCUT2D eigenvalue weighted by molar-refractivity contribution is 0.645. The minimum atomic E-state index is -0.0449. The Bertz CT molecular complexity index is 2790. The van der Waals surface area contributed by atoms with Crippen molar-refractivity contribution in [2.75, 3.05) is 0 Å². The average molecular weight is 687 g/mol. The summed E-state index contributed by atoms with van der Waals surface area (Å²) >= 11 is 1.90. The third-order valence-corrected chi connectivity index (χ3v) is 12.6. The van der Waals surface area contributed by atoms with Gasteiger partial charge in [-0.05, 0) is 128 Å². The van der Waals surface area contributed by atoms with E-state index in [1.807, 2.05) is 11.3 Å². The second-order valence-electron chi connectivity index (χ2n) is 15.1. The summed E-state index contributed by atoms with van der Waals surface area (Å²) in [6, 6.07) is 47.1. The molecule has 1 heteroatoms. The van der Waals surface area contributed by atoms with Crippen LogP contribution in [0.5, 0.6) is 0 Å². The molecule has 7 aromatic carbocycles. The lowest BCUT2D eigenvalue weighted by Gasteiger charge is -2.22. The molecule has 0 unspecified atom stereocenters. The van der Waals surface area contributed by atoms with Gasteiger partial charge in [-0.15, -0.1) is 11.3 Å². The fraction of sp³-hybridized carbons (Fsp3) is 0.137. The minimum absolute atomic E-state index is 0.0449.